The number of hydrogen-bond acceptors (Lipinski definition) is 3. The molecule has 1 aliphatic carbocycles. The monoisotopic (exact) mass is 1260 g/mol. The minimum Gasteiger partial charge on any atom is -0.333 e. The first kappa shape index (κ1) is 55.4. The highest BCUT2D eigenvalue weighted by Gasteiger charge is 2.38. The van der Waals surface area contributed by atoms with Crippen LogP contribution in [0, 0.1) is 22.7 Å². The number of halogens is 3. The lowest BCUT2D eigenvalue weighted by Gasteiger charge is -2.29. The Hall–Kier alpha value is -13.1. The van der Waals surface area contributed by atoms with Crippen molar-refractivity contribution in [1.29, 1.82) is 10.5 Å². The van der Waals surface area contributed by atoms with Crippen LogP contribution < -0.4 is 4.90 Å². The van der Waals surface area contributed by atoms with Gasteiger partial charge in [0.05, 0.1) is 89.8 Å². The third-order valence-corrected chi connectivity index (χ3v) is 20.7. The topological polar surface area (TPSA) is 75.5 Å². The molecular weight excluding hydrogens is 1210 g/mol. The Bertz CT molecular complexity index is 6350. The number of aromatic nitrogens is 5. The molecule has 2 atom stereocenters. The maximum atomic E-state index is 14.9. The van der Waals surface area contributed by atoms with Crippen molar-refractivity contribution >= 4 is 120 Å². The molecule has 1 aliphatic heterocycles. The second kappa shape index (κ2) is 20.7. The van der Waals surface area contributed by atoms with Crippen molar-refractivity contribution in [2.75, 3.05) is 4.90 Å². The lowest BCUT2D eigenvalue weighted by molar-refractivity contribution is -0.137. The van der Waals surface area contributed by atoms with Crippen LogP contribution in [0.15, 0.2) is 297 Å². The van der Waals surface area contributed by atoms with Gasteiger partial charge in [0.1, 0.15) is 11.6 Å². The van der Waals surface area contributed by atoms with Gasteiger partial charge in [0, 0.05) is 88.2 Å². The molecular formula is C87H51F3N8. The summed E-state index contributed by atoms with van der Waals surface area (Å²) in [6.45, 7) is 0. The van der Waals surface area contributed by atoms with Crippen LogP contribution in [-0.2, 0) is 6.18 Å². The van der Waals surface area contributed by atoms with E-state index in [0.29, 0.717) is 22.5 Å². The molecule has 0 fully saturated rings. The van der Waals surface area contributed by atoms with Gasteiger partial charge in [-0.05, 0) is 132 Å². The van der Waals surface area contributed by atoms with Crippen LogP contribution in [0.5, 0.6) is 0 Å². The molecule has 0 N–H and O–H groups in total. The molecule has 6 heterocycles. The smallest absolute Gasteiger partial charge is 0.333 e. The summed E-state index contributed by atoms with van der Waals surface area (Å²) in [4.78, 5) is 2.40. The average molecular weight is 1270 g/mol. The first-order valence-corrected chi connectivity index (χ1v) is 32.7. The number of para-hydroxylation sites is 7. The highest BCUT2D eigenvalue weighted by molar-refractivity contribution is 6.16. The van der Waals surface area contributed by atoms with E-state index in [-0.39, 0.29) is 23.1 Å². The van der Waals surface area contributed by atoms with Gasteiger partial charge < -0.3 is 27.7 Å². The molecule has 0 saturated carbocycles. The van der Waals surface area contributed by atoms with Crippen molar-refractivity contribution in [2.45, 2.75) is 18.1 Å². The number of hydrogen-bond donors (Lipinski definition) is 0. The summed E-state index contributed by atoms with van der Waals surface area (Å²) in [5.41, 5.74) is 16.0. The zero-order valence-corrected chi connectivity index (χ0v) is 52.2. The molecule has 0 amide bonds. The van der Waals surface area contributed by atoms with E-state index in [1.807, 2.05) is 12.1 Å². The number of fused-ring (bicyclic) bond motifs is 18. The normalized spacial score (nSPS) is 14.6. The Morgan fingerprint density at radius 2 is 0.684 bits per heavy atom. The number of nitriles is 2. The summed E-state index contributed by atoms with van der Waals surface area (Å²) in [6.07, 6.45) is 4.03. The molecule has 2 unspecified atom stereocenters. The summed E-state index contributed by atoms with van der Waals surface area (Å²) in [6, 6.07) is 97.4. The Kier molecular flexibility index (Phi) is 11.7. The van der Waals surface area contributed by atoms with E-state index in [4.69, 9.17) is 0 Å². The number of benzene rings is 13. The van der Waals surface area contributed by atoms with Gasteiger partial charge in [0.2, 0.25) is 0 Å². The quantitative estimate of drug-likeness (QED) is 0.160. The Balaban J connectivity index is 0.939. The molecule has 2 aliphatic rings. The lowest BCUT2D eigenvalue weighted by atomic mass is 9.91. The fourth-order valence-electron chi connectivity index (χ4n) is 16.6. The highest BCUT2D eigenvalue weighted by Crippen LogP contribution is 2.50. The highest BCUT2D eigenvalue weighted by atomic mass is 19.4. The summed E-state index contributed by atoms with van der Waals surface area (Å²) < 4.78 is 55.9. The molecule has 0 saturated heterocycles. The van der Waals surface area contributed by atoms with E-state index in [2.05, 4.69) is 307 Å². The van der Waals surface area contributed by atoms with Crippen molar-refractivity contribution in [1.82, 2.24) is 22.8 Å². The number of nitrogens with zero attached hydrogens (tertiary/aromatic N) is 8. The SMILES string of the molecule is N#Cc1cc(C(F)(F)F)ccc1-c1cc(-n2c3cc(N4c5ccccc5C5C=CC=CC54)ccc3c3ccc(-n4c5ccccc5c5ccccc54)cc32)c(C#N)c(-n2c3cc(-n4c5ccccc5c5ccccc54)ccc3c3ccc(-n4c5ccccc5c5ccccc54)cc32)c1. The molecule has 5 aromatic heterocycles. The first-order valence-electron chi connectivity index (χ1n) is 32.7. The molecule has 11 heteroatoms. The largest absolute Gasteiger partial charge is 0.416 e. The van der Waals surface area contributed by atoms with E-state index in [1.54, 1.807) is 0 Å². The van der Waals surface area contributed by atoms with E-state index in [9.17, 15) is 23.7 Å². The van der Waals surface area contributed by atoms with Crippen molar-refractivity contribution in [3.63, 3.8) is 0 Å². The number of anilines is 2. The maximum absolute atomic E-state index is 14.9. The predicted molar refractivity (Wildman–Crippen MR) is 391 cm³/mol. The van der Waals surface area contributed by atoms with E-state index < -0.39 is 11.7 Å². The maximum Gasteiger partial charge on any atom is 0.416 e. The van der Waals surface area contributed by atoms with Crippen molar-refractivity contribution < 1.29 is 13.2 Å². The summed E-state index contributed by atoms with van der Waals surface area (Å²) in [5, 5.41) is 34.1. The first-order chi connectivity index (χ1) is 48.2. The number of alkyl halides is 3. The van der Waals surface area contributed by atoms with Crippen LogP contribution >= 0.6 is 0 Å². The molecule has 18 aromatic rings. The molecule has 8 nitrogen and oxygen atoms in total. The molecule has 0 radical (unpaired) electrons. The van der Waals surface area contributed by atoms with Crippen LogP contribution in [0.2, 0.25) is 0 Å². The van der Waals surface area contributed by atoms with Gasteiger partial charge in [-0.25, -0.2) is 0 Å². The molecule has 98 heavy (non-hydrogen) atoms. The fourth-order valence-corrected chi connectivity index (χ4v) is 16.6. The van der Waals surface area contributed by atoms with Gasteiger partial charge in [-0.15, -0.1) is 0 Å². The number of allylic oxidation sites excluding steroid dienone is 2. The lowest BCUT2D eigenvalue weighted by Crippen LogP contribution is -2.28. The van der Waals surface area contributed by atoms with Crippen LogP contribution in [0.1, 0.15) is 28.2 Å². The minimum absolute atomic E-state index is 0.0293. The molecule has 13 aromatic carbocycles. The molecule has 460 valence electrons. The zero-order valence-electron chi connectivity index (χ0n) is 52.2. The molecule has 20 rings (SSSR count). The van der Waals surface area contributed by atoms with Crippen LogP contribution in [0.25, 0.3) is 149 Å². The zero-order chi connectivity index (χ0) is 65.2. The standard InChI is InChI=1S/C87H51F3N8/c88-87(89,90)54-33-38-59(53(43-54)50-91)52-44-81(97-83-46-55(93-73-25-9-1-17-60(73)61-18-2-10-26-74(61)93)34-39-68(83)69-40-35-56(47-84(69)97)94-75-27-11-3-19-62(75)63-20-4-12-28-76(63)94)72(51-92)82(45-52)98-85-48-57(95-77-29-13-5-21-64(77)65-22-6-14-30-78(65)95)36-41-70(85)71-42-37-58(49-86(71)98)96-79-31-15-7-23-66(79)67-24-8-16-32-80(67)96/h1-49,60,73H. The van der Waals surface area contributed by atoms with E-state index in [1.165, 1.54) is 11.6 Å². The van der Waals surface area contributed by atoms with Crippen LogP contribution in [0.3, 0.4) is 0 Å². The number of rotatable bonds is 7. The van der Waals surface area contributed by atoms with Crippen molar-refractivity contribution in [3.8, 4) is 51.7 Å². The third-order valence-electron chi connectivity index (χ3n) is 20.7. The van der Waals surface area contributed by atoms with Crippen molar-refractivity contribution in [2.24, 2.45) is 0 Å². The van der Waals surface area contributed by atoms with Gasteiger partial charge in [-0.1, -0.05) is 182 Å². The Labute approximate surface area is 558 Å². The summed E-state index contributed by atoms with van der Waals surface area (Å²) >= 11 is 0. The third kappa shape index (κ3) is 7.87. The van der Waals surface area contributed by atoms with Gasteiger partial charge >= 0.3 is 6.18 Å². The predicted octanol–water partition coefficient (Wildman–Crippen LogP) is 22.3. The van der Waals surface area contributed by atoms with Crippen LogP contribution in [-0.4, -0.2) is 28.9 Å². The van der Waals surface area contributed by atoms with Gasteiger partial charge in [-0.3, -0.25) is 0 Å². The molecule has 0 bridgehead atoms. The second-order valence-electron chi connectivity index (χ2n) is 25.7. The van der Waals surface area contributed by atoms with Gasteiger partial charge in [0.25, 0.3) is 0 Å². The Morgan fingerprint density at radius 1 is 0.316 bits per heavy atom. The van der Waals surface area contributed by atoms with Crippen molar-refractivity contribution in [3.05, 3.63) is 320 Å². The molecule has 0 spiro atoms. The van der Waals surface area contributed by atoms with Gasteiger partial charge in [-0.2, -0.15) is 23.7 Å². The minimum atomic E-state index is -4.73. The summed E-state index contributed by atoms with van der Waals surface area (Å²) in [5.74, 6) is 0.103. The van der Waals surface area contributed by atoms with Gasteiger partial charge in [0.15, 0.2) is 0 Å². The Morgan fingerprint density at radius 3 is 1.09 bits per heavy atom. The van der Waals surface area contributed by atoms with E-state index in [0.717, 1.165) is 150 Å². The van der Waals surface area contributed by atoms with Crippen LogP contribution in [0.4, 0.5) is 24.5 Å². The fraction of sp³-hybridized carbons (Fsp3) is 0.0345. The second-order valence-corrected chi connectivity index (χ2v) is 25.7. The summed E-state index contributed by atoms with van der Waals surface area (Å²) in [7, 11) is 0. The van der Waals surface area contributed by atoms with E-state index >= 15 is 0 Å². The average Bonchev–Trinajstić information content (AvgIpc) is 1.54.